The molecule has 2 atom stereocenters. The van der Waals surface area contributed by atoms with Gasteiger partial charge in [0.1, 0.15) is 0 Å². The first-order chi connectivity index (χ1) is 12.5. The third kappa shape index (κ3) is 3.84. The minimum Gasteiger partial charge on any atom is -0.296 e. The summed E-state index contributed by atoms with van der Waals surface area (Å²) in [5, 5.41) is 3.48. The zero-order valence-electron chi connectivity index (χ0n) is 14.9. The summed E-state index contributed by atoms with van der Waals surface area (Å²) in [6, 6.07) is 5.46. The van der Waals surface area contributed by atoms with Gasteiger partial charge in [0.05, 0.1) is 10.0 Å². The van der Waals surface area contributed by atoms with E-state index in [0.717, 1.165) is 24.8 Å². The number of nitrogens with one attached hydrogen (secondary N) is 1. The van der Waals surface area contributed by atoms with Crippen LogP contribution in [0.25, 0.3) is 0 Å². The number of allylic oxidation sites excluding steroid dienone is 1. The Morgan fingerprint density at radius 3 is 2.54 bits per heavy atom. The van der Waals surface area contributed by atoms with Crippen LogP contribution in [0.4, 0.5) is 0 Å². The lowest BCUT2D eigenvalue weighted by Gasteiger charge is -2.44. The highest BCUT2D eigenvalue weighted by Gasteiger charge is 2.49. The summed E-state index contributed by atoms with van der Waals surface area (Å²) in [5.74, 6) is -0.138. The summed E-state index contributed by atoms with van der Waals surface area (Å²) in [7, 11) is 0. The molecule has 2 amide bonds. The van der Waals surface area contributed by atoms with Crippen molar-refractivity contribution in [2.45, 2.75) is 56.8 Å². The molecule has 2 fully saturated rings. The smallest absolute Gasteiger partial charge is 0.230 e. The predicted molar refractivity (Wildman–Crippen MR) is 105 cm³/mol. The van der Waals surface area contributed by atoms with Gasteiger partial charge in [-0.2, -0.15) is 0 Å². The molecular weight excluding hydrogens is 369 g/mol. The van der Waals surface area contributed by atoms with Crippen molar-refractivity contribution >= 4 is 35.0 Å². The molecule has 1 aromatic carbocycles. The molecule has 2 aliphatic rings. The predicted octanol–water partition coefficient (Wildman–Crippen LogP) is 5.44. The molecule has 1 aromatic rings. The minimum absolute atomic E-state index is 0.167. The van der Waals surface area contributed by atoms with E-state index in [2.05, 4.69) is 11.9 Å². The Morgan fingerprint density at radius 1 is 1.15 bits per heavy atom. The Kier molecular flexibility index (Phi) is 6.09. The maximum absolute atomic E-state index is 12.9. The molecule has 1 saturated heterocycles. The molecule has 3 rings (SSSR count). The summed E-state index contributed by atoms with van der Waals surface area (Å²) in [5.41, 5.74) is 0.295. The van der Waals surface area contributed by atoms with Gasteiger partial charge in [0.25, 0.3) is 0 Å². The van der Waals surface area contributed by atoms with Crippen LogP contribution in [0.5, 0.6) is 0 Å². The molecule has 3 nitrogen and oxygen atoms in total. The summed E-state index contributed by atoms with van der Waals surface area (Å²) in [6.45, 7) is 3.89. The second-order valence-electron chi connectivity index (χ2n) is 7.66. The van der Waals surface area contributed by atoms with Gasteiger partial charge in [-0.25, -0.2) is 0 Å². The monoisotopic (exact) mass is 393 g/mol. The van der Waals surface area contributed by atoms with Crippen molar-refractivity contribution in [3.63, 3.8) is 0 Å². The van der Waals surface area contributed by atoms with E-state index in [9.17, 15) is 9.59 Å². The minimum atomic E-state index is -0.604. The van der Waals surface area contributed by atoms with E-state index in [1.165, 1.54) is 19.3 Å². The number of amides is 2. The fourth-order valence-electron chi connectivity index (χ4n) is 4.72. The van der Waals surface area contributed by atoms with Crippen molar-refractivity contribution in [1.29, 1.82) is 0 Å². The van der Waals surface area contributed by atoms with Gasteiger partial charge >= 0.3 is 0 Å². The molecule has 1 aliphatic heterocycles. The summed E-state index contributed by atoms with van der Waals surface area (Å²) < 4.78 is 0. The van der Waals surface area contributed by atoms with Gasteiger partial charge in [0, 0.05) is 17.8 Å². The van der Waals surface area contributed by atoms with Gasteiger partial charge in [0.2, 0.25) is 11.8 Å². The highest BCUT2D eigenvalue weighted by Crippen LogP contribution is 2.47. The summed E-state index contributed by atoms with van der Waals surface area (Å²) in [6.07, 6.45) is 9.46. The fraction of sp³-hybridized carbons (Fsp3) is 0.524. The average molecular weight is 394 g/mol. The van der Waals surface area contributed by atoms with Crippen LogP contribution in [0, 0.1) is 11.8 Å². The first-order valence-electron chi connectivity index (χ1n) is 9.36. The molecular formula is C21H25Cl2NO2. The number of hydrogen-bond donors (Lipinski definition) is 1. The first-order valence-corrected chi connectivity index (χ1v) is 10.1. The van der Waals surface area contributed by atoms with Crippen LogP contribution in [-0.4, -0.2) is 11.8 Å². The van der Waals surface area contributed by atoms with Gasteiger partial charge < -0.3 is 0 Å². The highest BCUT2D eigenvalue weighted by atomic mass is 35.5. The molecule has 26 heavy (non-hydrogen) atoms. The largest absolute Gasteiger partial charge is 0.296 e. The third-order valence-electron chi connectivity index (χ3n) is 6.02. The second-order valence-corrected chi connectivity index (χ2v) is 8.47. The molecule has 0 radical (unpaired) electrons. The van der Waals surface area contributed by atoms with Crippen LogP contribution < -0.4 is 5.32 Å². The van der Waals surface area contributed by atoms with E-state index in [0.29, 0.717) is 22.4 Å². The Hall–Kier alpha value is -1.32. The van der Waals surface area contributed by atoms with Crippen LogP contribution in [-0.2, 0) is 15.0 Å². The molecule has 1 heterocycles. The van der Waals surface area contributed by atoms with Gasteiger partial charge in [0.15, 0.2) is 0 Å². The Labute approximate surface area is 165 Å². The lowest BCUT2D eigenvalue weighted by molar-refractivity contribution is -0.141. The quantitative estimate of drug-likeness (QED) is 0.534. The lowest BCUT2D eigenvalue weighted by atomic mass is 9.61. The van der Waals surface area contributed by atoms with Crippen molar-refractivity contribution in [2.24, 2.45) is 11.8 Å². The zero-order valence-corrected chi connectivity index (χ0v) is 16.4. The molecule has 1 aliphatic carbocycles. The van der Waals surface area contributed by atoms with Crippen LogP contribution in [0.15, 0.2) is 30.9 Å². The normalized spacial score (nSPS) is 27.2. The van der Waals surface area contributed by atoms with E-state index >= 15 is 0 Å². The number of piperidine rings is 1. The first kappa shape index (κ1) is 19.4. The van der Waals surface area contributed by atoms with Crippen molar-refractivity contribution in [2.75, 3.05) is 0 Å². The van der Waals surface area contributed by atoms with Gasteiger partial charge in [-0.3, -0.25) is 14.9 Å². The van der Waals surface area contributed by atoms with E-state index in [4.69, 9.17) is 23.2 Å². The lowest BCUT2D eigenvalue weighted by Crippen LogP contribution is -2.55. The number of hydrogen-bond acceptors (Lipinski definition) is 2. The summed E-state index contributed by atoms with van der Waals surface area (Å²) >= 11 is 12.4. The van der Waals surface area contributed by atoms with Crippen LogP contribution >= 0.6 is 23.2 Å². The van der Waals surface area contributed by atoms with E-state index in [1.807, 2.05) is 18.2 Å². The van der Waals surface area contributed by atoms with Crippen LogP contribution in [0.3, 0.4) is 0 Å². The third-order valence-corrected chi connectivity index (χ3v) is 6.76. The molecule has 2 unspecified atom stereocenters. The molecule has 0 aromatic heterocycles. The SMILES string of the molecule is C=CCC1(c2ccc(Cl)c(Cl)c2)CC(=O)NC(=O)C1CC1CCCCC1. The second kappa shape index (κ2) is 8.14. The van der Waals surface area contributed by atoms with E-state index < -0.39 is 5.41 Å². The molecule has 5 heteroatoms. The Bertz CT molecular complexity index is 712. The maximum Gasteiger partial charge on any atom is 0.230 e. The van der Waals surface area contributed by atoms with Gasteiger partial charge in [-0.1, -0.05) is 67.4 Å². The van der Waals surface area contributed by atoms with Gasteiger partial charge in [-0.05, 0) is 36.5 Å². The maximum atomic E-state index is 12.9. The van der Waals surface area contributed by atoms with E-state index in [-0.39, 0.29) is 24.2 Å². The molecule has 0 bridgehead atoms. The van der Waals surface area contributed by atoms with Crippen molar-refractivity contribution in [3.05, 3.63) is 46.5 Å². The van der Waals surface area contributed by atoms with Gasteiger partial charge in [-0.15, -0.1) is 6.58 Å². The fourth-order valence-corrected chi connectivity index (χ4v) is 5.02. The standard InChI is InChI=1S/C21H25Cl2NO2/c1-2-10-21(15-8-9-17(22)18(23)12-15)13-19(25)24-20(26)16(21)11-14-6-4-3-5-7-14/h2,8-9,12,14,16H,1,3-7,10-11,13H2,(H,24,25,26). The van der Waals surface area contributed by atoms with Crippen LogP contribution in [0.1, 0.15) is 56.9 Å². The number of halogens is 2. The molecule has 1 saturated carbocycles. The van der Waals surface area contributed by atoms with E-state index in [1.54, 1.807) is 6.07 Å². The average Bonchev–Trinajstić information content (AvgIpc) is 2.61. The number of imide groups is 1. The van der Waals surface area contributed by atoms with Crippen LogP contribution in [0.2, 0.25) is 10.0 Å². The number of rotatable bonds is 5. The Balaban J connectivity index is 2.03. The summed E-state index contributed by atoms with van der Waals surface area (Å²) in [4.78, 5) is 25.2. The number of carbonyl (C=O) groups excluding carboxylic acids is 2. The molecule has 1 N–H and O–H groups in total. The topological polar surface area (TPSA) is 46.2 Å². The van der Waals surface area contributed by atoms with Crippen molar-refractivity contribution in [1.82, 2.24) is 5.32 Å². The van der Waals surface area contributed by atoms with Crippen molar-refractivity contribution in [3.8, 4) is 0 Å². The van der Waals surface area contributed by atoms with Crippen molar-refractivity contribution < 1.29 is 9.59 Å². The Morgan fingerprint density at radius 2 is 1.88 bits per heavy atom. The number of carbonyl (C=O) groups is 2. The zero-order chi connectivity index (χ0) is 18.7. The number of benzene rings is 1. The highest BCUT2D eigenvalue weighted by molar-refractivity contribution is 6.42. The molecule has 140 valence electrons. The molecule has 0 spiro atoms.